The molecule has 2 heterocycles. The standard InChI is InChI=1S/C23H21ClN2O4/c24-16-6-4-15(5-7-16)14-30-17-8-9-20-18(12-17)19(13-21(25-20)23(28)29)22(27)26-10-2-1-3-11-26/h4-9,12-13H,1-3,10-11,14H2,(H,28,29). The molecule has 0 saturated carbocycles. The molecule has 1 saturated heterocycles. The number of amides is 1. The molecular formula is C23H21ClN2O4. The third kappa shape index (κ3) is 4.39. The number of aromatic nitrogens is 1. The van der Waals surface area contributed by atoms with Gasteiger partial charge in [-0.25, -0.2) is 9.78 Å². The number of piperidine rings is 1. The Balaban J connectivity index is 1.68. The zero-order valence-electron chi connectivity index (χ0n) is 16.3. The van der Waals surface area contributed by atoms with E-state index in [1.807, 2.05) is 12.1 Å². The highest BCUT2D eigenvalue weighted by Crippen LogP contribution is 2.27. The minimum Gasteiger partial charge on any atom is -0.489 e. The Morgan fingerprint density at radius 2 is 1.77 bits per heavy atom. The lowest BCUT2D eigenvalue weighted by molar-refractivity contribution is 0.0691. The molecule has 7 heteroatoms. The topological polar surface area (TPSA) is 79.7 Å². The highest BCUT2D eigenvalue weighted by molar-refractivity contribution is 6.30. The first kappa shape index (κ1) is 20.2. The fourth-order valence-electron chi connectivity index (χ4n) is 3.60. The van der Waals surface area contributed by atoms with Gasteiger partial charge in [0.25, 0.3) is 5.91 Å². The fraction of sp³-hybridized carbons (Fsp3) is 0.261. The van der Waals surface area contributed by atoms with Crippen LogP contribution in [0.1, 0.15) is 45.7 Å². The summed E-state index contributed by atoms with van der Waals surface area (Å²) < 4.78 is 5.89. The van der Waals surface area contributed by atoms with Crippen LogP contribution in [0.3, 0.4) is 0 Å². The molecule has 0 unspecified atom stereocenters. The number of carbonyl (C=O) groups is 2. The average Bonchev–Trinajstić information content (AvgIpc) is 2.78. The molecule has 0 atom stereocenters. The van der Waals surface area contributed by atoms with Crippen molar-refractivity contribution in [2.24, 2.45) is 0 Å². The molecule has 0 aliphatic carbocycles. The van der Waals surface area contributed by atoms with Crippen molar-refractivity contribution >= 4 is 34.4 Å². The number of likely N-dealkylation sites (tertiary alicyclic amines) is 1. The van der Waals surface area contributed by atoms with Crippen molar-refractivity contribution in [3.8, 4) is 5.75 Å². The molecular weight excluding hydrogens is 404 g/mol. The van der Waals surface area contributed by atoms with Gasteiger partial charge in [-0.1, -0.05) is 23.7 Å². The Hall–Kier alpha value is -3.12. The number of ether oxygens (including phenoxy) is 1. The van der Waals surface area contributed by atoms with E-state index in [1.54, 1.807) is 35.2 Å². The molecule has 6 nitrogen and oxygen atoms in total. The molecule has 1 aliphatic rings. The zero-order chi connectivity index (χ0) is 21.1. The molecule has 1 amide bonds. The maximum absolute atomic E-state index is 13.2. The number of aromatic carboxylic acids is 1. The molecule has 4 rings (SSSR count). The number of carboxylic acids is 1. The van der Waals surface area contributed by atoms with Crippen LogP contribution in [0.4, 0.5) is 0 Å². The number of benzene rings is 2. The summed E-state index contributed by atoms with van der Waals surface area (Å²) in [5.41, 5.74) is 1.62. The van der Waals surface area contributed by atoms with Crippen molar-refractivity contribution in [2.75, 3.05) is 13.1 Å². The molecule has 0 radical (unpaired) electrons. The lowest BCUT2D eigenvalue weighted by Crippen LogP contribution is -2.35. The maximum atomic E-state index is 13.2. The number of nitrogens with zero attached hydrogens (tertiary/aromatic N) is 2. The molecule has 1 aliphatic heterocycles. The zero-order valence-corrected chi connectivity index (χ0v) is 17.1. The average molecular weight is 425 g/mol. The van der Waals surface area contributed by atoms with Gasteiger partial charge in [-0.2, -0.15) is 0 Å². The van der Waals surface area contributed by atoms with E-state index in [4.69, 9.17) is 16.3 Å². The monoisotopic (exact) mass is 424 g/mol. The lowest BCUT2D eigenvalue weighted by atomic mass is 10.0. The summed E-state index contributed by atoms with van der Waals surface area (Å²) in [5.74, 6) is -0.748. The van der Waals surface area contributed by atoms with Crippen LogP contribution in [0.15, 0.2) is 48.5 Å². The molecule has 30 heavy (non-hydrogen) atoms. The summed E-state index contributed by atoms with van der Waals surface area (Å²) in [4.78, 5) is 30.7. The molecule has 1 fully saturated rings. The van der Waals surface area contributed by atoms with E-state index in [2.05, 4.69) is 4.98 Å². The van der Waals surface area contributed by atoms with Crippen LogP contribution in [0.2, 0.25) is 5.02 Å². The Morgan fingerprint density at radius 3 is 2.47 bits per heavy atom. The second-order valence-corrected chi connectivity index (χ2v) is 7.74. The van der Waals surface area contributed by atoms with Gasteiger partial charge in [0, 0.05) is 23.5 Å². The molecule has 1 aromatic heterocycles. The summed E-state index contributed by atoms with van der Waals surface area (Å²) in [6.45, 7) is 1.70. The smallest absolute Gasteiger partial charge is 0.354 e. The lowest BCUT2D eigenvalue weighted by Gasteiger charge is -2.27. The quantitative estimate of drug-likeness (QED) is 0.636. The van der Waals surface area contributed by atoms with Gasteiger partial charge in [0.2, 0.25) is 0 Å². The number of carboxylic acid groups (broad SMARTS) is 1. The van der Waals surface area contributed by atoms with Crippen LogP contribution in [0, 0.1) is 0 Å². The minimum atomic E-state index is -1.16. The van der Waals surface area contributed by atoms with Crippen molar-refractivity contribution in [3.05, 3.63) is 70.4 Å². The summed E-state index contributed by atoms with van der Waals surface area (Å²) in [6, 6.07) is 13.9. The van der Waals surface area contributed by atoms with Crippen LogP contribution in [0.5, 0.6) is 5.75 Å². The third-order valence-electron chi connectivity index (χ3n) is 5.19. The molecule has 0 bridgehead atoms. The van der Waals surface area contributed by atoms with Gasteiger partial charge in [-0.3, -0.25) is 4.79 Å². The summed E-state index contributed by atoms with van der Waals surface area (Å²) in [5, 5.41) is 10.7. The van der Waals surface area contributed by atoms with Crippen molar-refractivity contribution in [2.45, 2.75) is 25.9 Å². The summed E-state index contributed by atoms with van der Waals surface area (Å²) in [6.07, 6.45) is 3.01. The number of rotatable bonds is 5. The molecule has 154 valence electrons. The van der Waals surface area contributed by atoms with Gasteiger partial charge >= 0.3 is 5.97 Å². The fourth-order valence-corrected chi connectivity index (χ4v) is 3.72. The highest BCUT2D eigenvalue weighted by atomic mass is 35.5. The molecule has 2 aromatic carbocycles. The first-order chi connectivity index (χ1) is 14.5. The number of carbonyl (C=O) groups excluding carboxylic acids is 1. The number of hydrogen-bond donors (Lipinski definition) is 1. The Morgan fingerprint density at radius 1 is 1.03 bits per heavy atom. The van der Waals surface area contributed by atoms with E-state index in [9.17, 15) is 14.7 Å². The van der Waals surface area contributed by atoms with Crippen LogP contribution in [-0.4, -0.2) is 40.0 Å². The van der Waals surface area contributed by atoms with Gasteiger partial charge in [0.05, 0.1) is 11.1 Å². The number of hydrogen-bond acceptors (Lipinski definition) is 4. The van der Waals surface area contributed by atoms with E-state index in [0.717, 1.165) is 24.8 Å². The third-order valence-corrected chi connectivity index (χ3v) is 5.44. The second kappa shape index (κ2) is 8.71. The van der Waals surface area contributed by atoms with Crippen LogP contribution in [0.25, 0.3) is 10.9 Å². The molecule has 3 aromatic rings. The van der Waals surface area contributed by atoms with Crippen molar-refractivity contribution < 1.29 is 19.4 Å². The van der Waals surface area contributed by atoms with Gasteiger partial charge in [0.15, 0.2) is 0 Å². The Bertz CT molecular complexity index is 1090. The first-order valence-corrected chi connectivity index (χ1v) is 10.2. The van der Waals surface area contributed by atoms with Crippen molar-refractivity contribution in [1.82, 2.24) is 9.88 Å². The summed E-state index contributed by atoms with van der Waals surface area (Å²) >= 11 is 5.91. The second-order valence-electron chi connectivity index (χ2n) is 7.31. The van der Waals surface area contributed by atoms with Crippen molar-refractivity contribution in [3.63, 3.8) is 0 Å². The first-order valence-electron chi connectivity index (χ1n) is 9.86. The van der Waals surface area contributed by atoms with Gasteiger partial charge in [-0.05, 0) is 61.2 Å². The van der Waals surface area contributed by atoms with E-state index >= 15 is 0 Å². The minimum absolute atomic E-state index is 0.141. The highest BCUT2D eigenvalue weighted by Gasteiger charge is 2.23. The Labute approximate surface area is 179 Å². The molecule has 1 N–H and O–H groups in total. The Kier molecular flexibility index (Phi) is 5.86. The number of pyridine rings is 1. The van der Waals surface area contributed by atoms with E-state index in [0.29, 0.717) is 46.9 Å². The number of fused-ring (bicyclic) bond motifs is 1. The summed E-state index contributed by atoms with van der Waals surface area (Å²) in [7, 11) is 0. The predicted octanol–water partition coefficient (Wildman–Crippen LogP) is 4.79. The normalized spacial score (nSPS) is 14.0. The SMILES string of the molecule is O=C(O)c1cc(C(=O)N2CCCCC2)c2cc(OCc3ccc(Cl)cc3)ccc2n1. The number of halogens is 1. The van der Waals surface area contributed by atoms with E-state index in [1.165, 1.54) is 6.07 Å². The van der Waals surface area contributed by atoms with Gasteiger partial charge in [0.1, 0.15) is 18.1 Å². The maximum Gasteiger partial charge on any atom is 0.354 e. The van der Waals surface area contributed by atoms with E-state index < -0.39 is 5.97 Å². The van der Waals surface area contributed by atoms with Crippen molar-refractivity contribution in [1.29, 1.82) is 0 Å². The van der Waals surface area contributed by atoms with Crippen LogP contribution < -0.4 is 4.74 Å². The van der Waals surface area contributed by atoms with Crippen LogP contribution >= 0.6 is 11.6 Å². The van der Waals surface area contributed by atoms with Gasteiger partial charge < -0.3 is 14.7 Å². The predicted molar refractivity (Wildman–Crippen MR) is 114 cm³/mol. The molecule has 0 spiro atoms. The van der Waals surface area contributed by atoms with Crippen LogP contribution in [-0.2, 0) is 6.61 Å². The largest absolute Gasteiger partial charge is 0.489 e. The van der Waals surface area contributed by atoms with E-state index in [-0.39, 0.29) is 11.6 Å². The van der Waals surface area contributed by atoms with Gasteiger partial charge in [-0.15, -0.1) is 0 Å².